The molecule has 0 atom stereocenters. The summed E-state index contributed by atoms with van der Waals surface area (Å²) in [5.41, 5.74) is 7.96. The number of anilines is 1. The van der Waals surface area contributed by atoms with E-state index in [2.05, 4.69) is 23.0 Å². The molecule has 1 heterocycles. The lowest BCUT2D eigenvalue weighted by molar-refractivity contribution is 0.702. The minimum Gasteiger partial charge on any atom is -0.399 e. The van der Waals surface area contributed by atoms with Crippen LogP contribution < -0.4 is 5.73 Å². The Hall–Kier alpha value is -1.70. The second-order valence-corrected chi connectivity index (χ2v) is 3.37. The predicted octanol–water partition coefficient (Wildman–Crippen LogP) is 2.31. The topological polar surface area (TPSA) is 30.9 Å². The van der Waals surface area contributed by atoms with Gasteiger partial charge in [0.05, 0.1) is 0 Å². The first kappa shape index (κ1) is 8.88. The molecular weight excluding hydrogens is 172 g/mol. The van der Waals surface area contributed by atoms with Crippen LogP contribution in [0.5, 0.6) is 0 Å². The highest BCUT2D eigenvalue weighted by molar-refractivity contribution is 5.46. The Balaban J connectivity index is 2.02. The molecule has 0 saturated heterocycles. The lowest BCUT2D eigenvalue weighted by Gasteiger charge is -2.05. The fourth-order valence-electron chi connectivity index (χ4n) is 1.53. The molecule has 2 nitrogen and oxygen atoms in total. The number of benzene rings is 1. The molecule has 0 unspecified atom stereocenters. The van der Waals surface area contributed by atoms with Crippen molar-refractivity contribution in [1.82, 2.24) is 4.57 Å². The molecular formula is C12H14N2. The van der Waals surface area contributed by atoms with E-state index in [1.165, 1.54) is 5.56 Å². The van der Waals surface area contributed by atoms with Crippen LogP contribution in [0.1, 0.15) is 5.56 Å². The molecule has 14 heavy (non-hydrogen) atoms. The lowest BCUT2D eigenvalue weighted by Crippen LogP contribution is -2.01. The first-order valence-electron chi connectivity index (χ1n) is 4.80. The zero-order chi connectivity index (χ0) is 9.80. The number of hydrogen-bond donors (Lipinski definition) is 1. The van der Waals surface area contributed by atoms with Gasteiger partial charge in [0.15, 0.2) is 0 Å². The highest BCUT2D eigenvalue weighted by Crippen LogP contribution is 2.11. The average molecular weight is 186 g/mol. The minimum absolute atomic E-state index is 0.889. The predicted molar refractivity (Wildman–Crippen MR) is 59.0 cm³/mol. The Morgan fingerprint density at radius 1 is 1.00 bits per heavy atom. The summed E-state index contributed by atoms with van der Waals surface area (Å²) in [6.07, 6.45) is 5.12. The van der Waals surface area contributed by atoms with E-state index in [0.717, 1.165) is 18.7 Å². The van der Waals surface area contributed by atoms with Gasteiger partial charge in [-0.3, -0.25) is 0 Å². The van der Waals surface area contributed by atoms with E-state index in [-0.39, 0.29) is 0 Å². The Morgan fingerprint density at radius 3 is 2.43 bits per heavy atom. The SMILES string of the molecule is Nc1ccccc1CCn1cccc1. The summed E-state index contributed by atoms with van der Waals surface area (Å²) < 4.78 is 2.16. The van der Waals surface area contributed by atoms with Gasteiger partial charge in [-0.25, -0.2) is 0 Å². The van der Waals surface area contributed by atoms with Crippen molar-refractivity contribution < 1.29 is 0 Å². The Kier molecular flexibility index (Phi) is 2.54. The number of nitrogen functional groups attached to an aromatic ring is 1. The van der Waals surface area contributed by atoms with Crippen LogP contribution in [0.15, 0.2) is 48.8 Å². The van der Waals surface area contributed by atoms with Crippen molar-refractivity contribution in [2.45, 2.75) is 13.0 Å². The highest BCUT2D eigenvalue weighted by Gasteiger charge is 1.97. The molecule has 0 spiro atoms. The summed E-state index contributed by atoms with van der Waals surface area (Å²) >= 11 is 0. The van der Waals surface area contributed by atoms with E-state index in [0.29, 0.717) is 0 Å². The minimum atomic E-state index is 0.889. The number of nitrogens with two attached hydrogens (primary N) is 1. The van der Waals surface area contributed by atoms with E-state index in [1.54, 1.807) is 0 Å². The second-order valence-electron chi connectivity index (χ2n) is 3.37. The molecule has 0 aliphatic rings. The number of rotatable bonds is 3. The van der Waals surface area contributed by atoms with Crippen LogP contribution in [0.3, 0.4) is 0 Å². The maximum absolute atomic E-state index is 5.85. The van der Waals surface area contributed by atoms with Crippen molar-refractivity contribution in [3.63, 3.8) is 0 Å². The van der Waals surface area contributed by atoms with Crippen molar-refractivity contribution in [2.75, 3.05) is 5.73 Å². The number of nitrogens with zero attached hydrogens (tertiary/aromatic N) is 1. The summed E-state index contributed by atoms with van der Waals surface area (Å²) in [5.74, 6) is 0. The second kappa shape index (κ2) is 4.01. The lowest BCUT2D eigenvalue weighted by atomic mass is 10.1. The van der Waals surface area contributed by atoms with Gasteiger partial charge in [0.2, 0.25) is 0 Å². The molecule has 0 fully saturated rings. The Labute approximate surface area is 84.0 Å². The number of hydrogen-bond acceptors (Lipinski definition) is 1. The maximum atomic E-state index is 5.85. The largest absolute Gasteiger partial charge is 0.399 e. The van der Waals surface area contributed by atoms with E-state index < -0.39 is 0 Å². The smallest absolute Gasteiger partial charge is 0.0347 e. The van der Waals surface area contributed by atoms with Crippen molar-refractivity contribution in [3.8, 4) is 0 Å². The summed E-state index contributed by atoms with van der Waals surface area (Å²) in [6, 6.07) is 12.1. The van der Waals surface area contributed by atoms with Gasteiger partial charge >= 0.3 is 0 Å². The third-order valence-corrected chi connectivity index (χ3v) is 2.36. The van der Waals surface area contributed by atoms with Crippen LogP contribution in [0.4, 0.5) is 5.69 Å². The van der Waals surface area contributed by atoms with Crippen LogP contribution in [-0.2, 0) is 13.0 Å². The summed E-state index contributed by atoms with van der Waals surface area (Å²) in [5, 5.41) is 0. The molecule has 0 bridgehead atoms. The fourth-order valence-corrected chi connectivity index (χ4v) is 1.53. The van der Waals surface area contributed by atoms with Gasteiger partial charge in [-0.1, -0.05) is 18.2 Å². The highest BCUT2D eigenvalue weighted by atomic mass is 14.9. The molecule has 0 aliphatic heterocycles. The maximum Gasteiger partial charge on any atom is 0.0347 e. The number of para-hydroxylation sites is 1. The normalized spacial score (nSPS) is 10.3. The third-order valence-electron chi connectivity index (χ3n) is 2.36. The molecule has 2 N–H and O–H groups in total. The van der Waals surface area contributed by atoms with Gasteiger partial charge in [0.25, 0.3) is 0 Å². The van der Waals surface area contributed by atoms with Gasteiger partial charge < -0.3 is 10.3 Å². The molecule has 72 valence electrons. The molecule has 2 heteroatoms. The van der Waals surface area contributed by atoms with Crippen LogP contribution >= 0.6 is 0 Å². The molecule has 0 radical (unpaired) electrons. The van der Waals surface area contributed by atoms with Gasteiger partial charge in [0, 0.05) is 24.6 Å². The number of aromatic nitrogens is 1. The van der Waals surface area contributed by atoms with Crippen molar-refractivity contribution in [2.24, 2.45) is 0 Å². The summed E-state index contributed by atoms with van der Waals surface area (Å²) in [6.45, 7) is 0.987. The van der Waals surface area contributed by atoms with Crippen molar-refractivity contribution in [3.05, 3.63) is 54.4 Å². The molecule has 0 aliphatic carbocycles. The monoisotopic (exact) mass is 186 g/mol. The van der Waals surface area contributed by atoms with Gasteiger partial charge in [0.1, 0.15) is 0 Å². The Bertz CT molecular complexity index is 390. The van der Waals surface area contributed by atoms with Crippen molar-refractivity contribution in [1.29, 1.82) is 0 Å². The van der Waals surface area contributed by atoms with Crippen molar-refractivity contribution >= 4 is 5.69 Å². The van der Waals surface area contributed by atoms with Crippen LogP contribution in [-0.4, -0.2) is 4.57 Å². The van der Waals surface area contributed by atoms with Gasteiger partial charge in [-0.2, -0.15) is 0 Å². The van der Waals surface area contributed by atoms with Gasteiger partial charge in [-0.15, -0.1) is 0 Å². The standard InChI is InChI=1S/C12H14N2/c13-12-6-2-1-5-11(12)7-10-14-8-3-4-9-14/h1-6,8-9H,7,10,13H2. The molecule has 2 aromatic rings. The first-order chi connectivity index (χ1) is 6.86. The zero-order valence-corrected chi connectivity index (χ0v) is 8.06. The van der Waals surface area contributed by atoms with E-state index >= 15 is 0 Å². The zero-order valence-electron chi connectivity index (χ0n) is 8.06. The third kappa shape index (κ3) is 1.96. The van der Waals surface area contributed by atoms with E-state index in [9.17, 15) is 0 Å². The van der Waals surface area contributed by atoms with E-state index in [4.69, 9.17) is 5.73 Å². The fraction of sp³-hybridized carbons (Fsp3) is 0.167. The van der Waals surface area contributed by atoms with Crippen LogP contribution in [0.2, 0.25) is 0 Å². The van der Waals surface area contributed by atoms with Crippen LogP contribution in [0, 0.1) is 0 Å². The molecule has 1 aromatic carbocycles. The quantitative estimate of drug-likeness (QED) is 0.733. The average Bonchev–Trinajstić information content (AvgIpc) is 2.69. The summed E-state index contributed by atoms with van der Waals surface area (Å²) in [7, 11) is 0. The molecule has 2 rings (SSSR count). The molecule has 1 aromatic heterocycles. The first-order valence-corrected chi connectivity index (χ1v) is 4.80. The van der Waals surface area contributed by atoms with E-state index in [1.807, 2.05) is 30.3 Å². The Morgan fingerprint density at radius 2 is 1.71 bits per heavy atom. The number of aryl methyl sites for hydroxylation is 2. The molecule has 0 amide bonds. The van der Waals surface area contributed by atoms with Crippen LogP contribution in [0.25, 0.3) is 0 Å². The summed E-state index contributed by atoms with van der Waals surface area (Å²) in [4.78, 5) is 0. The van der Waals surface area contributed by atoms with Gasteiger partial charge in [-0.05, 0) is 30.2 Å². The molecule has 0 saturated carbocycles.